The maximum absolute atomic E-state index is 13.1. The van der Waals surface area contributed by atoms with Gasteiger partial charge in [0.05, 0.1) is 6.61 Å². The van der Waals surface area contributed by atoms with Crippen LogP contribution in [0.3, 0.4) is 0 Å². The van der Waals surface area contributed by atoms with E-state index in [2.05, 4.69) is 27.4 Å². The van der Waals surface area contributed by atoms with Crippen LogP contribution in [0.5, 0.6) is 0 Å². The Balaban J connectivity index is 2.12. The molecule has 0 aromatic carbocycles. The summed E-state index contributed by atoms with van der Waals surface area (Å²) in [5.74, 6) is -1.71. The van der Waals surface area contributed by atoms with Crippen LogP contribution in [0.4, 0.5) is 15.3 Å². The molecule has 0 spiro atoms. The standard InChI is InChI=1S/C19H22FN5O4S/c1-5-12(20)7-6-10(2)23-19-24-17(21)16(30-19)15(26)14-8-13(25-29-14)18(27)22-11(3)9-28-4/h5-8,11H,1,9,21H2,2-4H3,(H,22,27)(H,23,24)/b10-6+,12-7+. The molecule has 0 saturated heterocycles. The number of hydrogen-bond acceptors (Lipinski definition) is 9. The molecule has 2 aromatic heterocycles. The fourth-order valence-electron chi connectivity index (χ4n) is 2.22. The van der Waals surface area contributed by atoms with E-state index in [-0.39, 0.29) is 28.2 Å². The predicted octanol–water partition coefficient (Wildman–Crippen LogP) is 3.06. The van der Waals surface area contributed by atoms with E-state index in [0.717, 1.165) is 17.4 Å². The molecular formula is C19H22FN5O4S. The first-order valence-electron chi connectivity index (χ1n) is 8.76. The van der Waals surface area contributed by atoms with Crippen LogP contribution in [-0.2, 0) is 4.74 Å². The molecule has 0 radical (unpaired) electrons. The van der Waals surface area contributed by atoms with Crippen molar-refractivity contribution >= 4 is 34.0 Å². The third-order valence-corrected chi connectivity index (χ3v) is 4.60. The van der Waals surface area contributed by atoms with Crippen molar-refractivity contribution in [1.82, 2.24) is 15.5 Å². The zero-order chi connectivity index (χ0) is 22.3. The molecule has 11 heteroatoms. The van der Waals surface area contributed by atoms with Gasteiger partial charge >= 0.3 is 0 Å². The van der Waals surface area contributed by atoms with E-state index in [1.165, 1.54) is 25.3 Å². The summed E-state index contributed by atoms with van der Waals surface area (Å²) in [6.07, 6.45) is 3.79. The molecule has 0 bridgehead atoms. The molecule has 4 N–H and O–H groups in total. The van der Waals surface area contributed by atoms with Crippen molar-refractivity contribution in [2.24, 2.45) is 0 Å². The number of nitrogens with two attached hydrogens (primary N) is 1. The second kappa shape index (κ2) is 10.5. The van der Waals surface area contributed by atoms with E-state index < -0.39 is 17.5 Å². The first-order valence-corrected chi connectivity index (χ1v) is 9.57. The van der Waals surface area contributed by atoms with Gasteiger partial charge in [-0.15, -0.1) is 0 Å². The van der Waals surface area contributed by atoms with Gasteiger partial charge < -0.3 is 25.6 Å². The topological polar surface area (TPSA) is 132 Å². The predicted molar refractivity (Wildman–Crippen MR) is 112 cm³/mol. The van der Waals surface area contributed by atoms with Crippen molar-refractivity contribution in [2.75, 3.05) is 24.8 Å². The van der Waals surface area contributed by atoms with Crippen molar-refractivity contribution in [1.29, 1.82) is 0 Å². The third kappa shape index (κ3) is 6.09. The van der Waals surface area contributed by atoms with Crippen LogP contribution < -0.4 is 16.4 Å². The Morgan fingerprint density at radius 3 is 2.87 bits per heavy atom. The lowest BCUT2D eigenvalue weighted by atomic mass is 10.2. The van der Waals surface area contributed by atoms with Crippen molar-refractivity contribution < 1.29 is 23.2 Å². The minimum absolute atomic E-state index is 0.00997. The van der Waals surface area contributed by atoms with Crippen molar-refractivity contribution in [3.05, 3.63) is 58.7 Å². The number of allylic oxidation sites excluding steroid dienone is 5. The molecule has 0 aliphatic carbocycles. The molecular weight excluding hydrogens is 413 g/mol. The molecule has 1 unspecified atom stereocenters. The highest BCUT2D eigenvalue weighted by Gasteiger charge is 2.24. The molecule has 0 saturated carbocycles. The number of aromatic nitrogens is 2. The van der Waals surface area contributed by atoms with Crippen LogP contribution in [0.2, 0.25) is 0 Å². The van der Waals surface area contributed by atoms with Gasteiger partial charge in [0.15, 0.2) is 10.8 Å². The van der Waals surface area contributed by atoms with Crippen molar-refractivity contribution in [3.8, 4) is 0 Å². The normalized spacial score (nSPS) is 13.1. The van der Waals surface area contributed by atoms with E-state index in [0.29, 0.717) is 17.4 Å². The number of hydrogen-bond donors (Lipinski definition) is 3. The Morgan fingerprint density at radius 2 is 2.20 bits per heavy atom. The Kier molecular flexibility index (Phi) is 8.01. The van der Waals surface area contributed by atoms with Gasteiger partial charge in [-0.3, -0.25) is 9.59 Å². The third-order valence-electron chi connectivity index (χ3n) is 3.61. The lowest BCUT2D eigenvalue weighted by Crippen LogP contribution is -2.35. The van der Waals surface area contributed by atoms with E-state index in [9.17, 15) is 14.0 Å². The Hall–Kier alpha value is -3.31. The van der Waals surface area contributed by atoms with Gasteiger partial charge in [-0.1, -0.05) is 23.1 Å². The zero-order valence-corrected chi connectivity index (χ0v) is 17.5. The van der Waals surface area contributed by atoms with Gasteiger partial charge in [0.2, 0.25) is 11.5 Å². The number of nitrogens with zero attached hydrogens (tertiary/aromatic N) is 2. The molecule has 160 valence electrons. The van der Waals surface area contributed by atoms with Crippen LogP contribution >= 0.6 is 11.3 Å². The van der Waals surface area contributed by atoms with Crippen LogP contribution in [-0.4, -0.2) is 41.6 Å². The number of nitrogen functional groups attached to an aromatic ring is 1. The van der Waals surface area contributed by atoms with Gasteiger partial charge in [-0.05, 0) is 32.1 Å². The number of carbonyl (C=O) groups excluding carboxylic acids is 2. The summed E-state index contributed by atoms with van der Waals surface area (Å²) in [7, 11) is 1.52. The van der Waals surface area contributed by atoms with E-state index in [4.69, 9.17) is 15.0 Å². The maximum Gasteiger partial charge on any atom is 0.273 e. The number of ketones is 1. The summed E-state index contributed by atoms with van der Waals surface area (Å²) in [6.45, 7) is 7.10. The second-order valence-corrected chi connectivity index (χ2v) is 7.20. The van der Waals surface area contributed by atoms with E-state index in [1.807, 2.05) is 0 Å². The second-order valence-electron chi connectivity index (χ2n) is 6.20. The molecule has 1 amide bonds. The lowest BCUT2D eigenvalue weighted by molar-refractivity contribution is 0.0894. The smallest absolute Gasteiger partial charge is 0.273 e. The highest BCUT2D eigenvalue weighted by atomic mass is 32.1. The number of halogens is 1. The van der Waals surface area contributed by atoms with Gasteiger partial charge in [0, 0.05) is 24.9 Å². The molecule has 30 heavy (non-hydrogen) atoms. The highest BCUT2D eigenvalue weighted by Crippen LogP contribution is 2.28. The first kappa shape index (κ1) is 23.0. The number of carbonyl (C=O) groups is 2. The average Bonchev–Trinajstić information content (AvgIpc) is 3.32. The summed E-state index contributed by atoms with van der Waals surface area (Å²) in [4.78, 5) is 29.0. The number of amides is 1. The Labute approximate surface area is 176 Å². The fraction of sp³-hybridized carbons (Fsp3) is 0.263. The molecule has 0 fully saturated rings. The molecule has 0 aliphatic heterocycles. The minimum Gasteiger partial charge on any atom is -0.383 e. The highest BCUT2D eigenvalue weighted by molar-refractivity contribution is 7.18. The summed E-state index contributed by atoms with van der Waals surface area (Å²) < 4.78 is 23.1. The van der Waals surface area contributed by atoms with Crippen molar-refractivity contribution in [2.45, 2.75) is 19.9 Å². The molecule has 1 atom stereocenters. The average molecular weight is 435 g/mol. The van der Waals surface area contributed by atoms with Crippen LogP contribution in [0.25, 0.3) is 0 Å². The Bertz CT molecular complexity index is 995. The number of methoxy groups -OCH3 is 1. The summed E-state index contributed by atoms with van der Waals surface area (Å²) in [6, 6.07) is 0.993. The van der Waals surface area contributed by atoms with Crippen LogP contribution in [0.1, 0.15) is 39.8 Å². The van der Waals surface area contributed by atoms with E-state index >= 15 is 0 Å². The SMILES string of the molecule is C=C/C(F)=C\C=C(/C)Nc1nc(N)c(C(=O)c2cc(C(=O)NC(C)COC)no2)s1. The monoisotopic (exact) mass is 435 g/mol. The number of anilines is 2. The summed E-state index contributed by atoms with van der Waals surface area (Å²) >= 11 is 0.989. The van der Waals surface area contributed by atoms with Gasteiger partial charge in [-0.2, -0.15) is 0 Å². The van der Waals surface area contributed by atoms with Gasteiger partial charge in [0.1, 0.15) is 16.5 Å². The summed E-state index contributed by atoms with van der Waals surface area (Å²) in [5.41, 5.74) is 6.37. The molecule has 9 nitrogen and oxygen atoms in total. The number of rotatable bonds is 10. The molecule has 2 rings (SSSR count). The number of nitrogens with one attached hydrogen (secondary N) is 2. The molecule has 2 heterocycles. The zero-order valence-electron chi connectivity index (χ0n) is 16.7. The maximum atomic E-state index is 13.1. The molecule has 0 aliphatic rings. The van der Waals surface area contributed by atoms with Crippen LogP contribution in [0.15, 0.2) is 46.9 Å². The minimum atomic E-state index is -0.561. The first-order chi connectivity index (χ1) is 14.2. The van der Waals surface area contributed by atoms with Gasteiger partial charge in [0.25, 0.3) is 5.91 Å². The van der Waals surface area contributed by atoms with Crippen molar-refractivity contribution in [3.63, 3.8) is 0 Å². The number of ether oxygens (including phenoxy) is 1. The largest absolute Gasteiger partial charge is 0.383 e. The number of thiazole rings is 1. The Morgan fingerprint density at radius 1 is 1.47 bits per heavy atom. The van der Waals surface area contributed by atoms with E-state index in [1.54, 1.807) is 13.8 Å². The lowest BCUT2D eigenvalue weighted by Gasteiger charge is -2.10. The molecule has 2 aromatic rings. The van der Waals surface area contributed by atoms with Gasteiger partial charge in [-0.25, -0.2) is 9.37 Å². The quantitative estimate of drug-likeness (QED) is 0.383. The van der Waals surface area contributed by atoms with Crippen LogP contribution in [0, 0.1) is 0 Å². The fourth-order valence-corrected chi connectivity index (χ4v) is 3.11. The summed E-state index contributed by atoms with van der Waals surface area (Å²) in [5, 5.41) is 9.54.